The first kappa shape index (κ1) is 16.5. The maximum absolute atomic E-state index is 12.4. The van der Waals surface area contributed by atoms with Crippen LogP contribution in [-0.2, 0) is 9.53 Å². The SMILES string of the molecule is COCC(N)C(=O)Nc1ccc(C(=O)N2CCCC2)c(C)c1. The first-order valence-electron chi connectivity index (χ1n) is 7.48. The molecule has 1 saturated heterocycles. The molecule has 1 aromatic carbocycles. The number of methoxy groups -OCH3 is 1. The van der Waals surface area contributed by atoms with Gasteiger partial charge in [0.2, 0.25) is 5.91 Å². The van der Waals surface area contributed by atoms with Crippen molar-refractivity contribution in [1.29, 1.82) is 0 Å². The summed E-state index contributed by atoms with van der Waals surface area (Å²) in [5.74, 6) is -0.246. The van der Waals surface area contributed by atoms with Crippen molar-refractivity contribution in [1.82, 2.24) is 4.90 Å². The topological polar surface area (TPSA) is 84.7 Å². The van der Waals surface area contributed by atoms with Crippen LogP contribution in [0.1, 0.15) is 28.8 Å². The zero-order chi connectivity index (χ0) is 16.1. The Morgan fingerprint density at radius 1 is 1.36 bits per heavy atom. The Hall–Kier alpha value is -1.92. The molecule has 2 rings (SSSR count). The number of carbonyl (C=O) groups excluding carboxylic acids is 2. The molecule has 1 aromatic rings. The number of nitrogens with one attached hydrogen (secondary N) is 1. The molecular weight excluding hydrogens is 282 g/mol. The van der Waals surface area contributed by atoms with Crippen molar-refractivity contribution in [2.75, 3.05) is 32.1 Å². The summed E-state index contributed by atoms with van der Waals surface area (Å²) in [5.41, 5.74) is 7.83. The van der Waals surface area contributed by atoms with Crippen molar-refractivity contribution < 1.29 is 14.3 Å². The lowest BCUT2D eigenvalue weighted by atomic mass is 10.1. The second-order valence-corrected chi connectivity index (χ2v) is 5.58. The van der Waals surface area contributed by atoms with Gasteiger partial charge in [0.15, 0.2) is 0 Å². The molecule has 1 aliphatic rings. The van der Waals surface area contributed by atoms with E-state index in [0.717, 1.165) is 31.5 Å². The van der Waals surface area contributed by atoms with E-state index in [4.69, 9.17) is 10.5 Å². The molecule has 1 unspecified atom stereocenters. The number of nitrogens with zero attached hydrogens (tertiary/aromatic N) is 1. The smallest absolute Gasteiger partial charge is 0.254 e. The van der Waals surface area contributed by atoms with E-state index in [1.807, 2.05) is 11.8 Å². The highest BCUT2D eigenvalue weighted by Crippen LogP contribution is 2.19. The normalized spacial score (nSPS) is 15.7. The van der Waals surface area contributed by atoms with Gasteiger partial charge in [-0.1, -0.05) is 0 Å². The Balaban J connectivity index is 2.06. The highest BCUT2D eigenvalue weighted by atomic mass is 16.5. The van der Waals surface area contributed by atoms with Gasteiger partial charge in [0.1, 0.15) is 6.04 Å². The van der Waals surface area contributed by atoms with E-state index in [1.54, 1.807) is 18.2 Å². The molecule has 6 nitrogen and oxygen atoms in total. The summed E-state index contributed by atoms with van der Waals surface area (Å²) in [6.45, 7) is 3.68. The summed E-state index contributed by atoms with van der Waals surface area (Å²) in [6, 6.07) is 4.57. The quantitative estimate of drug-likeness (QED) is 0.854. The van der Waals surface area contributed by atoms with Gasteiger partial charge in [0.05, 0.1) is 6.61 Å². The van der Waals surface area contributed by atoms with Gasteiger partial charge < -0.3 is 20.7 Å². The van der Waals surface area contributed by atoms with E-state index in [9.17, 15) is 9.59 Å². The van der Waals surface area contributed by atoms with Gasteiger partial charge in [-0.15, -0.1) is 0 Å². The lowest BCUT2D eigenvalue weighted by Crippen LogP contribution is -2.39. The van der Waals surface area contributed by atoms with Gasteiger partial charge in [0.25, 0.3) is 5.91 Å². The predicted octanol–water partition coefficient (Wildman–Crippen LogP) is 1.14. The average Bonchev–Trinajstić information content (AvgIpc) is 3.01. The number of benzene rings is 1. The number of anilines is 1. The molecule has 0 aliphatic carbocycles. The van der Waals surface area contributed by atoms with Crippen LogP contribution in [0.3, 0.4) is 0 Å². The molecule has 1 fully saturated rings. The third-order valence-electron chi connectivity index (χ3n) is 3.80. The minimum absolute atomic E-state index is 0.0592. The zero-order valence-corrected chi connectivity index (χ0v) is 13.1. The molecule has 0 saturated carbocycles. The van der Waals surface area contributed by atoms with Crippen LogP contribution < -0.4 is 11.1 Å². The molecule has 0 spiro atoms. The second kappa shape index (κ2) is 7.38. The lowest BCUT2D eigenvalue weighted by molar-refractivity contribution is -0.118. The van der Waals surface area contributed by atoms with Gasteiger partial charge in [0, 0.05) is 31.5 Å². The predicted molar refractivity (Wildman–Crippen MR) is 84.8 cm³/mol. The fourth-order valence-corrected chi connectivity index (χ4v) is 2.56. The van der Waals surface area contributed by atoms with Crippen molar-refractivity contribution >= 4 is 17.5 Å². The molecule has 0 radical (unpaired) electrons. The van der Waals surface area contributed by atoms with Crippen LogP contribution in [0.4, 0.5) is 5.69 Å². The molecule has 1 heterocycles. The van der Waals surface area contributed by atoms with E-state index >= 15 is 0 Å². The van der Waals surface area contributed by atoms with Gasteiger partial charge in [-0.05, 0) is 43.5 Å². The minimum Gasteiger partial charge on any atom is -0.383 e. The Kier molecular flexibility index (Phi) is 5.51. The van der Waals surface area contributed by atoms with Crippen molar-refractivity contribution in [3.63, 3.8) is 0 Å². The summed E-state index contributed by atoms with van der Waals surface area (Å²) in [5, 5.41) is 2.73. The molecular formula is C16H23N3O3. The largest absolute Gasteiger partial charge is 0.383 e. The van der Waals surface area contributed by atoms with Crippen LogP contribution in [0.15, 0.2) is 18.2 Å². The molecule has 2 amide bonds. The van der Waals surface area contributed by atoms with Crippen LogP contribution >= 0.6 is 0 Å². The standard InChI is InChI=1S/C16H23N3O3/c1-11-9-12(18-15(20)14(17)10-22-2)5-6-13(11)16(21)19-7-3-4-8-19/h5-6,9,14H,3-4,7-8,10,17H2,1-2H3,(H,18,20). The number of ether oxygens (including phenoxy) is 1. The first-order valence-corrected chi connectivity index (χ1v) is 7.48. The zero-order valence-electron chi connectivity index (χ0n) is 13.1. The van der Waals surface area contributed by atoms with Gasteiger partial charge in [-0.25, -0.2) is 0 Å². The minimum atomic E-state index is -0.712. The fraction of sp³-hybridized carbons (Fsp3) is 0.500. The summed E-state index contributed by atoms with van der Waals surface area (Å²) in [6.07, 6.45) is 2.13. The summed E-state index contributed by atoms with van der Waals surface area (Å²) < 4.78 is 4.86. The fourth-order valence-electron chi connectivity index (χ4n) is 2.56. The van der Waals surface area contributed by atoms with Crippen molar-refractivity contribution in [2.45, 2.75) is 25.8 Å². The molecule has 1 atom stereocenters. The van der Waals surface area contributed by atoms with Gasteiger partial charge in [-0.3, -0.25) is 9.59 Å². The Labute approximate surface area is 130 Å². The second-order valence-electron chi connectivity index (χ2n) is 5.58. The summed E-state index contributed by atoms with van der Waals surface area (Å²) >= 11 is 0. The molecule has 3 N–H and O–H groups in total. The summed E-state index contributed by atoms with van der Waals surface area (Å²) in [7, 11) is 1.50. The maximum atomic E-state index is 12.4. The van der Waals surface area contributed by atoms with Crippen LogP contribution in [0.25, 0.3) is 0 Å². The van der Waals surface area contributed by atoms with Gasteiger partial charge in [-0.2, -0.15) is 0 Å². The number of hydrogen-bond acceptors (Lipinski definition) is 4. The van der Waals surface area contributed by atoms with Crippen LogP contribution in [0.2, 0.25) is 0 Å². The number of likely N-dealkylation sites (tertiary alicyclic amines) is 1. The molecule has 1 aliphatic heterocycles. The monoisotopic (exact) mass is 305 g/mol. The Morgan fingerprint density at radius 3 is 2.64 bits per heavy atom. The van der Waals surface area contributed by atoms with Crippen molar-refractivity contribution in [2.24, 2.45) is 5.73 Å². The Morgan fingerprint density at radius 2 is 2.05 bits per heavy atom. The van der Waals surface area contributed by atoms with Crippen molar-refractivity contribution in [3.05, 3.63) is 29.3 Å². The van der Waals surface area contributed by atoms with E-state index in [2.05, 4.69) is 5.32 Å². The van der Waals surface area contributed by atoms with Gasteiger partial charge >= 0.3 is 0 Å². The number of carbonyl (C=O) groups is 2. The third kappa shape index (κ3) is 3.84. The van der Waals surface area contributed by atoms with Crippen LogP contribution in [0.5, 0.6) is 0 Å². The molecule has 120 valence electrons. The lowest BCUT2D eigenvalue weighted by Gasteiger charge is -2.17. The van der Waals surface area contributed by atoms with Crippen LogP contribution in [-0.4, -0.2) is 49.6 Å². The molecule has 0 bridgehead atoms. The van der Waals surface area contributed by atoms with Crippen LogP contribution in [0, 0.1) is 6.92 Å². The molecule has 6 heteroatoms. The van der Waals surface area contributed by atoms with E-state index in [0.29, 0.717) is 11.3 Å². The summed E-state index contributed by atoms with van der Waals surface area (Å²) in [4.78, 5) is 26.1. The average molecular weight is 305 g/mol. The number of hydrogen-bond donors (Lipinski definition) is 2. The van der Waals surface area contributed by atoms with E-state index < -0.39 is 6.04 Å². The molecule has 22 heavy (non-hydrogen) atoms. The molecule has 0 aromatic heterocycles. The Bertz CT molecular complexity index is 554. The van der Waals surface area contributed by atoms with E-state index in [-0.39, 0.29) is 18.4 Å². The first-order chi connectivity index (χ1) is 10.5. The highest BCUT2D eigenvalue weighted by Gasteiger charge is 2.21. The highest BCUT2D eigenvalue weighted by molar-refractivity contribution is 5.98. The van der Waals surface area contributed by atoms with Crippen molar-refractivity contribution in [3.8, 4) is 0 Å². The number of aryl methyl sites for hydroxylation is 1. The van der Waals surface area contributed by atoms with E-state index in [1.165, 1.54) is 7.11 Å². The number of amides is 2. The maximum Gasteiger partial charge on any atom is 0.254 e. The third-order valence-corrected chi connectivity index (χ3v) is 3.80. The number of rotatable bonds is 5. The number of nitrogens with two attached hydrogens (primary N) is 1.